The molecule has 0 aromatic carbocycles. The minimum Gasteiger partial charge on any atom is -0.461 e. The van der Waals surface area contributed by atoms with E-state index in [4.69, 9.17) is 4.74 Å². The first-order chi connectivity index (χ1) is 14.1. The van der Waals surface area contributed by atoms with E-state index in [1.807, 2.05) is 6.92 Å². The maximum Gasteiger partial charge on any atom is 0.389 e. The SMILES string of the molecule is CCOC(=O)c1nccc2c1CN(C(C)c1cnc(CCC(F)(F)F)c(C)c1)C2=O. The average Bonchev–Trinajstić information content (AvgIpc) is 3.02. The molecule has 0 bridgehead atoms. The molecule has 1 atom stereocenters. The van der Waals surface area contributed by atoms with E-state index >= 15 is 0 Å². The number of carbonyl (C=O) groups is 2. The molecule has 0 fully saturated rings. The number of carbonyl (C=O) groups excluding carboxylic acids is 2. The van der Waals surface area contributed by atoms with Crippen LogP contribution in [0.15, 0.2) is 24.5 Å². The van der Waals surface area contributed by atoms with Gasteiger partial charge in [-0.1, -0.05) is 6.07 Å². The van der Waals surface area contributed by atoms with Crippen LogP contribution in [0.3, 0.4) is 0 Å². The van der Waals surface area contributed by atoms with Gasteiger partial charge in [0.25, 0.3) is 5.91 Å². The highest BCUT2D eigenvalue weighted by molar-refractivity contribution is 6.02. The standard InChI is InChI=1S/C21H22F3N3O3/c1-4-30-20(29)18-16-11-27(19(28)15(16)6-8-25-18)13(3)14-9-12(2)17(26-10-14)5-7-21(22,23)24/h6,8-10,13H,4-5,7,11H2,1-3H3. The van der Waals surface area contributed by atoms with Gasteiger partial charge in [-0.05, 0) is 44.4 Å². The Morgan fingerprint density at radius 1 is 1.33 bits per heavy atom. The Bertz CT molecular complexity index is 976. The lowest BCUT2D eigenvalue weighted by Gasteiger charge is -2.25. The van der Waals surface area contributed by atoms with Gasteiger partial charge in [0.05, 0.1) is 12.6 Å². The number of hydrogen-bond donors (Lipinski definition) is 0. The number of amides is 1. The number of alkyl halides is 3. The summed E-state index contributed by atoms with van der Waals surface area (Å²) in [6.07, 6.45) is -2.45. The summed E-state index contributed by atoms with van der Waals surface area (Å²) in [7, 11) is 0. The summed E-state index contributed by atoms with van der Waals surface area (Å²) in [6, 6.07) is 2.93. The van der Waals surface area contributed by atoms with Crippen molar-refractivity contribution < 1.29 is 27.5 Å². The fourth-order valence-electron chi connectivity index (χ4n) is 3.49. The molecule has 0 N–H and O–H groups in total. The summed E-state index contributed by atoms with van der Waals surface area (Å²) < 4.78 is 42.5. The maximum absolute atomic E-state index is 12.9. The highest BCUT2D eigenvalue weighted by atomic mass is 19.4. The van der Waals surface area contributed by atoms with Gasteiger partial charge in [0, 0.05) is 42.2 Å². The Kier molecular flexibility index (Phi) is 6.09. The molecule has 9 heteroatoms. The van der Waals surface area contributed by atoms with Crippen LogP contribution in [0.4, 0.5) is 13.2 Å². The first kappa shape index (κ1) is 21.7. The van der Waals surface area contributed by atoms with Crippen molar-refractivity contribution >= 4 is 11.9 Å². The number of esters is 1. The number of nitrogens with zero attached hydrogens (tertiary/aromatic N) is 3. The first-order valence-corrected chi connectivity index (χ1v) is 9.60. The van der Waals surface area contributed by atoms with E-state index in [2.05, 4.69) is 9.97 Å². The molecule has 0 spiro atoms. The fourth-order valence-corrected chi connectivity index (χ4v) is 3.49. The molecular formula is C21H22F3N3O3. The molecule has 1 aliphatic rings. The quantitative estimate of drug-likeness (QED) is 0.655. The number of pyridine rings is 2. The first-order valence-electron chi connectivity index (χ1n) is 9.60. The zero-order valence-corrected chi connectivity index (χ0v) is 16.9. The third-order valence-electron chi connectivity index (χ3n) is 5.15. The van der Waals surface area contributed by atoms with Crippen molar-refractivity contribution in [1.29, 1.82) is 0 Å². The van der Waals surface area contributed by atoms with Crippen molar-refractivity contribution in [3.8, 4) is 0 Å². The van der Waals surface area contributed by atoms with Gasteiger partial charge in [-0.15, -0.1) is 0 Å². The average molecular weight is 421 g/mol. The molecule has 30 heavy (non-hydrogen) atoms. The second-order valence-corrected chi connectivity index (χ2v) is 7.16. The molecule has 2 aromatic heterocycles. The summed E-state index contributed by atoms with van der Waals surface area (Å²) in [6.45, 7) is 5.59. The number of rotatable bonds is 6. The molecule has 0 saturated heterocycles. The minimum atomic E-state index is -4.24. The Morgan fingerprint density at radius 3 is 2.70 bits per heavy atom. The number of ether oxygens (including phenoxy) is 1. The topological polar surface area (TPSA) is 72.4 Å². The van der Waals surface area contributed by atoms with Gasteiger partial charge < -0.3 is 9.64 Å². The Labute approximate surface area is 172 Å². The predicted molar refractivity (Wildman–Crippen MR) is 102 cm³/mol. The lowest BCUT2D eigenvalue weighted by Crippen LogP contribution is -2.27. The molecule has 160 valence electrons. The summed E-state index contributed by atoms with van der Waals surface area (Å²) in [4.78, 5) is 34.9. The third-order valence-corrected chi connectivity index (χ3v) is 5.15. The van der Waals surface area contributed by atoms with Crippen LogP contribution >= 0.6 is 0 Å². The van der Waals surface area contributed by atoms with Crippen molar-refractivity contribution in [3.05, 3.63) is 58.2 Å². The van der Waals surface area contributed by atoms with Crippen molar-refractivity contribution in [2.45, 2.75) is 52.4 Å². The van der Waals surface area contributed by atoms with E-state index in [0.717, 1.165) is 0 Å². The smallest absolute Gasteiger partial charge is 0.389 e. The van der Waals surface area contributed by atoms with Crippen LogP contribution in [0.5, 0.6) is 0 Å². The summed E-state index contributed by atoms with van der Waals surface area (Å²) in [5, 5.41) is 0. The van der Waals surface area contributed by atoms with Gasteiger partial charge >= 0.3 is 12.1 Å². The summed E-state index contributed by atoms with van der Waals surface area (Å²) in [5.74, 6) is -0.826. The van der Waals surface area contributed by atoms with Crippen molar-refractivity contribution in [1.82, 2.24) is 14.9 Å². The highest BCUT2D eigenvalue weighted by Gasteiger charge is 2.35. The lowest BCUT2D eigenvalue weighted by molar-refractivity contribution is -0.134. The van der Waals surface area contributed by atoms with Crippen molar-refractivity contribution in [2.75, 3.05) is 6.61 Å². The summed E-state index contributed by atoms with van der Waals surface area (Å²) in [5.41, 5.74) is 2.75. The van der Waals surface area contributed by atoms with Crippen LogP contribution in [0, 0.1) is 6.92 Å². The Balaban J connectivity index is 1.81. The van der Waals surface area contributed by atoms with Crippen molar-refractivity contribution in [3.63, 3.8) is 0 Å². The molecule has 1 aliphatic heterocycles. The predicted octanol–water partition coefficient (Wildman–Crippen LogP) is 4.17. The number of halogens is 3. The summed E-state index contributed by atoms with van der Waals surface area (Å²) >= 11 is 0. The largest absolute Gasteiger partial charge is 0.461 e. The van der Waals surface area contributed by atoms with Crippen LogP contribution in [0.2, 0.25) is 0 Å². The van der Waals surface area contributed by atoms with Gasteiger partial charge in [0.2, 0.25) is 0 Å². The van der Waals surface area contributed by atoms with Crippen LogP contribution in [-0.4, -0.2) is 39.5 Å². The molecule has 3 heterocycles. The highest BCUT2D eigenvalue weighted by Crippen LogP contribution is 2.33. The second kappa shape index (κ2) is 8.41. The van der Waals surface area contributed by atoms with E-state index in [9.17, 15) is 22.8 Å². The Morgan fingerprint density at radius 2 is 2.07 bits per heavy atom. The van der Waals surface area contributed by atoms with Crippen LogP contribution in [0.25, 0.3) is 0 Å². The fraction of sp³-hybridized carbons (Fsp3) is 0.429. The molecule has 1 amide bonds. The van der Waals surface area contributed by atoms with E-state index in [1.165, 1.54) is 12.4 Å². The zero-order valence-electron chi connectivity index (χ0n) is 16.9. The van der Waals surface area contributed by atoms with Gasteiger partial charge in [0.1, 0.15) is 0 Å². The van der Waals surface area contributed by atoms with Crippen LogP contribution in [0.1, 0.15) is 69.5 Å². The lowest BCUT2D eigenvalue weighted by atomic mass is 10.0. The molecule has 0 aliphatic carbocycles. The third kappa shape index (κ3) is 4.44. The molecule has 2 aromatic rings. The van der Waals surface area contributed by atoms with E-state index in [0.29, 0.717) is 27.9 Å². The number of aromatic nitrogens is 2. The van der Waals surface area contributed by atoms with E-state index < -0.39 is 18.6 Å². The normalized spacial score (nSPS) is 14.6. The van der Waals surface area contributed by atoms with Gasteiger partial charge in [-0.3, -0.25) is 9.78 Å². The van der Waals surface area contributed by atoms with Crippen molar-refractivity contribution in [2.24, 2.45) is 0 Å². The van der Waals surface area contributed by atoms with Gasteiger partial charge in [0.15, 0.2) is 5.69 Å². The monoisotopic (exact) mass is 421 g/mol. The molecule has 1 unspecified atom stereocenters. The van der Waals surface area contributed by atoms with Gasteiger partial charge in [-0.2, -0.15) is 13.2 Å². The molecular weight excluding hydrogens is 399 g/mol. The Hall–Kier alpha value is -2.97. The van der Waals surface area contributed by atoms with Crippen LogP contribution < -0.4 is 0 Å². The number of aryl methyl sites for hydroxylation is 2. The van der Waals surface area contributed by atoms with Crippen LogP contribution in [-0.2, 0) is 17.7 Å². The van der Waals surface area contributed by atoms with E-state index in [-0.39, 0.29) is 37.2 Å². The maximum atomic E-state index is 12.9. The van der Waals surface area contributed by atoms with E-state index in [1.54, 1.807) is 30.9 Å². The zero-order chi connectivity index (χ0) is 22.1. The minimum absolute atomic E-state index is 0.120. The number of hydrogen-bond acceptors (Lipinski definition) is 5. The molecule has 6 nitrogen and oxygen atoms in total. The second-order valence-electron chi connectivity index (χ2n) is 7.16. The van der Waals surface area contributed by atoms with Gasteiger partial charge in [-0.25, -0.2) is 9.78 Å². The molecule has 0 radical (unpaired) electrons. The molecule has 0 saturated carbocycles. The molecule has 3 rings (SSSR count). The number of fused-ring (bicyclic) bond motifs is 1.